The molecule has 2 N–H and O–H groups in total. The molecule has 1 aliphatic heterocycles. The van der Waals surface area contributed by atoms with Gasteiger partial charge in [0.2, 0.25) is 0 Å². The lowest BCUT2D eigenvalue weighted by Crippen LogP contribution is -2.38. The third-order valence-corrected chi connectivity index (χ3v) is 2.20. The van der Waals surface area contributed by atoms with Crippen molar-refractivity contribution in [1.82, 2.24) is 5.32 Å². The zero-order valence-corrected chi connectivity index (χ0v) is 9.21. The number of aliphatic hydroxyl groups excluding tert-OH is 1. The summed E-state index contributed by atoms with van der Waals surface area (Å²) in [6, 6.07) is 0.159. The average Bonchev–Trinajstić information content (AvgIpc) is 2.34. The first kappa shape index (κ1) is 12.9. The van der Waals surface area contributed by atoms with E-state index in [0.717, 1.165) is 13.0 Å². The Hall–Kier alpha value is -0.120. The minimum atomic E-state index is -0.355. The second-order valence-electron chi connectivity index (χ2n) is 3.13. The van der Waals surface area contributed by atoms with Gasteiger partial charge in [0, 0.05) is 12.6 Å². The van der Waals surface area contributed by atoms with Crippen molar-refractivity contribution in [2.24, 2.45) is 0 Å². The summed E-state index contributed by atoms with van der Waals surface area (Å²) in [6.07, 6.45) is 0.924. The first-order valence-electron chi connectivity index (χ1n) is 5.27. The molecule has 0 bridgehead atoms. The quantitative estimate of drug-likeness (QED) is 0.650. The monoisotopic (exact) mass is 189 g/mol. The number of nitrogens with one attached hydrogen (secondary N) is 1. The van der Waals surface area contributed by atoms with Crippen LogP contribution in [0.25, 0.3) is 0 Å². The van der Waals surface area contributed by atoms with E-state index in [-0.39, 0.29) is 18.2 Å². The van der Waals surface area contributed by atoms with E-state index in [4.69, 9.17) is 4.74 Å². The second-order valence-corrected chi connectivity index (χ2v) is 3.13. The molecule has 1 aliphatic rings. The maximum Gasteiger partial charge on any atom is 0.0923 e. The predicted molar refractivity (Wildman–Crippen MR) is 54.9 cm³/mol. The van der Waals surface area contributed by atoms with Crippen molar-refractivity contribution in [3.8, 4) is 0 Å². The van der Waals surface area contributed by atoms with Crippen LogP contribution in [-0.2, 0) is 4.74 Å². The Labute approximate surface area is 81.5 Å². The number of rotatable bonds is 1. The van der Waals surface area contributed by atoms with E-state index in [2.05, 4.69) is 12.2 Å². The van der Waals surface area contributed by atoms with E-state index >= 15 is 0 Å². The SMILES string of the molecule is CC.CCC1CNC(C)C(O)CO1. The van der Waals surface area contributed by atoms with Crippen LogP contribution in [0.2, 0.25) is 0 Å². The van der Waals surface area contributed by atoms with Crippen LogP contribution in [0, 0.1) is 0 Å². The highest BCUT2D eigenvalue weighted by Crippen LogP contribution is 2.05. The lowest BCUT2D eigenvalue weighted by Gasteiger charge is -2.13. The highest BCUT2D eigenvalue weighted by Gasteiger charge is 2.21. The summed E-state index contributed by atoms with van der Waals surface area (Å²) in [7, 11) is 0. The highest BCUT2D eigenvalue weighted by atomic mass is 16.5. The molecule has 0 aromatic heterocycles. The van der Waals surface area contributed by atoms with E-state index in [1.807, 2.05) is 20.8 Å². The largest absolute Gasteiger partial charge is 0.389 e. The maximum atomic E-state index is 9.38. The van der Waals surface area contributed by atoms with Crippen molar-refractivity contribution in [2.45, 2.75) is 52.4 Å². The number of hydrogen-bond donors (Lipinski definition) is 2. The Morgan fingerprint density at radius 2 is 2.08 bits per heavy atom. The Morgan fingerprint density at radius 3 is 2.62 bits per heavy atom. The Morgan fingerprint density at radius 1 is 1.46 bits per heavy atom. The summed E-state index contributed by atoms with van der Waals surface area (Å²) in [5.74, 6) is 0. The molecule has 1 heterocycles. The first-order valence-corrected chi connectivity index (χ1v) is 5.27. The first-order chi connectivity index (χ1) is 6.24. The van der Waals surface area contributed by atoms with Crippen LogP contribution >= 0.6 is 0 Å². The number of hydrogen-bond acceptors (Lipinski definition) is 3. The molecule has 3 atom stereocenters. The lowest BCUT2D eigenvalue weighted by molar-refractivity contribution is 0.00520. The molecule has 0 spiro atoms. The van der Waals surface area contributed by atoms with Crippen molar-refractivity contribution in [2.75, 3.05) is 13.2 Å². The molecular formula is C10H23NO2. The molecule has 80 valence electrons. The minimum Gasteiger partial charge on any atom is -0.389 e. The molecule has 3 unspecified atom stereocenters. The van der Waals surface area contributed by atoms with E-state index in [1.54, 1.807) is 0 Å². The highest BCUT2D eigenvalue weighted by molar-refractivity contribution is 4.76. The topological polar surface area (TPSA) is 41.5 Å². The van der Waals surface area contributed by atoms with Gasteiger partial charge in [-0.15, -0.1) is 0 Å². The zero-order valence-electron chi connectivity index (χ0n) is 9.21. The van der Waals surface area contributed by atoms with Crippen LogP contribution < -0.4 is 5.32 Å². The molecule has 0 radical (unpaired) electrons. The van der Waals surface area contributed by atoms with Gasteiger partial charge in [-0.3, -0.25) is 0 Å². The molecule has 1 rings (SSSR count). The molecule has 1 saturated heterocycles. The fraction of sp³-hybridized carbons (Fsp3) is 1.00. The van der Waals surface area contributed by atoms with Crippen LogP contribution in [0.3, 0.4) is 0 Å². The molecule has 3 nitrogen and oxygen atoms in total. The summed E-state index contributed by atoms with van der Waals surface area (Å²) >= 11 is 0. The van der Waals surface area contributed by atoms with Crippen molar-refractivity contribution >= 4 is 0 Å². The van der Waals surface area contributed by atoms with Crippen LogP contribution in [-0.4, -0.2) is 36.5 Å². The van der Waals surface area contributed by atoms with Gasteiger partial charge in [-0.25, -0.2) is 0 Å². The van der Waals surface area contributed by atoms with Gasteiger partial charge in [0.15, 0.2) is 0 Å². The molecular weight excluding hydrogens is 166 g/mol. The van der Waals surface area contributed by atoms with Crippen molar-refractivity contribution in [3.63, 3.8) is 0 Å². The summed E-state index contributed by atoms with van der Waals surface area (Å²) in [6.45, 7) is 9.39. The van der Waals surface area contributed by atoms with Gasteiger partial charge in [0.25, 0.3) is 0 Å². The third-order valence-electron chi connectivity index (χ3n) is 2.20. The lowest BCUT2D eigenvalue weighted by atomic mass is 10.2. The van der Waals surface area contributed by atoms with Crippen molar-refractivity contribution < 1.29 is 9.84 Å². The van der Waals surface area contributed by atoms with Crippen LogP contribution in [0.1, 0.15) is 34.1 Å². The van der Waals surface area contributed by atoms with Gasteiger partial charge in [-0.1, -0.05) is 20.8 Å². The van der Waals surface area contributed by atoms with Crippen molar-refractivity contribution in [1.29, 1.82) is 0 Å². The smallest absolute Gasteiger partial charge is 0.0923 e. The molecule has 0 aliphatic carbocycles. The molecule has 1 fully saturated rings. The normalized spacial score (nSPS) is 34.4. The van der Waals surface area contributed by atoms with Gasteiger partial charge in [-0.05, 0) is 13.3 Å². The van der Waals surface area contributed by atoms with Gasteiger partial charge < -0.3 is 15.2 Å². The van der Waals surface area contributed by atoms with Crippen LogP contribution in [0.4, 0.5) is 0 Å². The second kappa shape index (κ2) is 7.30. The summed E-state index contributed by atoms with van der Waals surface area (Å²) in [5.41, 5.74) is 0. The maximum absolute atomic E-state index is 9.38. The minimum absolute atomic E-state index is 0.159. The fourth-order valence-electron chi connectivity index (χ4n) is 1.15. The van der Waals surface area contributed by atoms with Gasteiger partial charge >= 0.3 is 0 Å². The van der Waals surface area contributed by atoms with E-state index < -0.39 is 0 Å². The fourth-order valence-corrected chi connectivity index (χ4v) is 1.15. The van der Waals surface area contributed by atoms with Gasteiger partial charge in [-0.2, -0.15) is 0 Å². The summed E-state index contributed by atoms with van der Waals surface area (Å²) in [4.78, 5) is 0. The Kier molecular flexibility index (Phi) is 7.23. The molecule has 0 aromatic carbocycles. The third kappa shape index (κ3) is 4.60. The molecule has 0 aromatic rings. The molecule has 13 heavy (non-hydrogen) atoms. The van der Waals surface area contributed by atoms with E-state index in [1.165, 1.54) is 0 Å². The van der Waals surface area contributed by atoms with Crippen LogP contribution in [0.5, 0.6) is 0 Å². The summed E-state index contributed by atoms with van der Waals surface area (Å²) in [5, 5.41) is 12.6. The van der Waals surface area contributed by atoms with E-state index in [0.29, 0.717) is 6.61 Å². The number of aliphatic hydroxyl groups is 1. The zero-order chi connectivity index (χ0) is 10.3. The Balaban J connectivity index is 0.000000671. The van der Waals surface area contributed by atoms with Crippen LogP contribution in [0.15, 0.2) is 0 Å². The molecule has 3 heteroatoms. The summed E-state index contributed by atoms with van der Waals surface area (Å²) < 4.78 is 5.42. The standard InChI is InChI=1S/C8H17NO2.C2H6/c1-3-7-4-9-6(2)8(10)5-11-7;1-2/h6-10H,3-5H2,1-2H3;1-2H3. The van der Waals surface area contributed by atoms with Gasteiger partial charge in [0.1, 0.15) is 0 Å². The molecule has 0 saturated carbocycles. The molecule has 0 amide bonds. The van der Waals surface area contributed by atoms with Crippen molar-refractivity contribution in [3.05, 3.63) is 0 Å². The Bertz CT molecular complexity index is 107. The van der Waals surface area contributed by atoms with E-state index in [9.17, 15) is 5.11 Å². The predicted octanol–water partition coefficient (Wildman–Crippen LogP) is 1.16. The number of ether oxygens (including phenoxy) is 1. The van der Waals surface area contributed by atoms with Gasteiger partial charge in [0.05, 0.1) is 18.8 Å². The average molecular weight is 189 g/mol.